The van der Waals surface area contributed by atoms with E-state index in [1.807, 2.05) is 18.2 Å². The summed E-state index contributed by atoms with van der Waals surface area (Å²) in [4.78, 5) is 0. The third kappa shape index (κ3) is 3.74. The third-order valence-corrected chi connectivity index (χ3v) is 3.34. The van der Waals surface area contributed by atoms with E-state index in [-0.39, 0.29) is 16.9 Å². The number of para-hydroxylation sites is 1. The van der Waals surface area contributed by atoms with E-state index in [0.29, 0.717) is 17.2 Å². The average Bonchev–Trinajstić information content (AvgIpc) is 2.65. The lowest BCUT2D eigenvalue weighted by molar-refractivity contribution is 0.430. The SMILES string of the molecule is N#Cc1ccc(Oc2ccc(F)c(Oc3ccccc3)c2)cc1C#N. The number of rotatable bonds is 4. The highest BCUT2D eigenvalue weighted by atomic mass is 19.1. The largest absolute Gasteiger partial charge is 0.457 e. The summed E-state index contributed by atoms with van der Waals surface area (Å²) in [6.07, 6.45) is 0. The van der Waals surface area contributed by atoms with Gasteiger partial charge in [-0.25, -0.2) is 4.39 Å². The van der Waals surface area contributed by atoms with Crippen molar-refractivity contribution in [1.29, 1.82) is 10.5 Å². The van der Waals surface area contributed by atoms with Gasteiger partial charge in [0.1, 0.15) is 29.4 Å². The molecular formula is C20H11FN2O2. The average molecular weight is 330 g/mol. The highest BCUT2D eigenvalue weighted by Gasteiger charge is 2.09. The Morgan fingerprint density at radius 3 is 2.08 bits per heavy atom. The van der Waals surface area contributed by atoms with Crippen molar-refractivity contribution in [3.63, 3.8) is 0 Å². The molecule has 0 amide bonds. The lowest BCUT2D eigenvalue weighted by atomic mass is 10.1. The molecule has 0 bridgehead atoms. The fourth-order valence-electron chi connectivity index (χ4n) is 2.15. The topological polar surface area (TPSA) is 66.0 Å². The first-order chi connectivity index (χ1) is 12.2. The molecule has 4 nitrogen and oxygen atoms in total. The molecule has 0 heterocycles. The first-order valence-corrected chi connectivity index (χ1v) is 7.34. The summed E-state index contributed by atoms with van der Waals surface area (Å²) in [6, 6.07) is 21.4. The number of halogens is 1. The van der Waals surface area contributed by atoms with Crippen LogP contribution < -0.4 is 9.47 Å². The second-order valence-electron chi connectivity index (χ2n) is 5.04. The van der Waals surface area contributed by atoms with Crippen LogP contribution in [-0.2, 0) is 0 Å². The Kier molecular flexibility index (Phi) is 4.60. The molecule has 0 aliphatic heterocycles. The lowest BCUT2D eigenvalue weighted by Crippen LogP contribution is -1.91. The van der Waals surface area contributed by atoms with Crippen molar-refractivity contribution in [3.8, 4) is 35.1 Å². The molecule has 5 heteroatoms. The van der Waals surface area contributed by atoms with Gasteiger partial charge in [-0.2, -0.15) is 10.5 Å². The van der Waals surface area contributed by atoms with E-state index in [1.165, 1.54) is 30.3 Å². The molecule has 0 atom stereocenters. The van der Waals surface area contributed by atoms with Crippen molar-refractivity contribution in [2.45, 2.75) is 0 Å². The Bertz CT molecular complexity index is 989. The van der Waals surface area contributed by atoms with Gasteiger partial charge in [-0.15, -0.1) is 0 Å². The van der Waals surface area contributed by atoms with E-state index in [9.17, 15) is 4.39 Å². The molecule has 25 heavy (non-hydrogen) atoms. The minimum absolute atomic E-state index is 0.0258. The van der Waals surface area contributed by atoms with Crippen molar-refractivity contribution in [3.05, 3.63) is 83.7 Å². The van der Waals surface area contributed by atoms with Crippen LogP contribution in [0.25, 0.3) is 0 Å². The van der Waals surface area contributed by atoms with Crippen LogP contribution in [0.4, 0.5) is 4.39 Å². The number of hydrogen-bond acceptors (Lipinski definition) is 4. The van der Waals surface area contributed by atoms with Crippen molar-refractivity contribution >= 4 is 0 Å². The van der Waals surface area contributed by atoms with Gasteiger partial charge >= 0.3 is 0 Å². The second-order valence-corrected chi connectivity index (χ2v) is 5.04. The van der Waals surface area contributed by atoms with Crippen LogP contribution in [0, 0.1) is 28.5 Å². The molecule has 0 aliphatic carbocycles. The standard InChI is InChI=1S/C20H11FN2O2/c21-19-9-8-18(11-20(19)25-16-4-2-1-3-5-16)24-17-7-6-14(12-22)15(10-17)13-23/h1-11H. The molecule has 0 fully saturated rings. The summed E-state index contributed by atoms with van der Waals surface area (Å²) in [6.45, 7) is 0. The minimum atomic E-state index is -0.520. The zero-order valence-corrected chi connectivity index (χ0v) is 12.9. The first-order valence-electron chi connectivity index (χ1n) is 7.34. The van der Waals surface area contributed by atoms with Gasteiger partial charge in [0.05, 0.1) is 11.1 Å². The van der Waals surface area contributed by atoms with Gasteiger partial charge in [-0.3, -0.25) is 0 Å². The number of nitriles is 2. The van der Waals surface area contributed by atoms with Gasteiger partial charge < -0.3 is 9.47 Å². The Labute approximate surface area is 143 Å². The monoisotopic (exact) mass is 330 g/mol. The van der Waals surface area contributed by atoms with E-state index in [1.54, 1.807) is 30.3 Å². The number of hydrogen-bond donors (Lipinski definition) is 0. The quantitative estimate of drug-likeness (QED) is 0.663. The normalized spacial score (nSPS) is 9.72. The molecule has 0 aromatic heterocycles. The summed E-state index contributed by atoms with van der Waals surface area (Å²) in [5.41, 5.74) is 0.477. The zero-order chi connectivity index (χ0) is 17.6. The fraction of sp³-hybridized carbons (Fsp3) is 0. The first kappa shape index (κ1) is 16.0. The maximum atomic E-state index is 14.0. The van der Waals surface area contributed by atoms with Gasteiger partial charge in [-0.05, 0) is 42.5 Å². The fourth-order valence-corrected chi connectivity index (χ4v) is 2.15. The Morgan fingerprint density at radius 2 is 1.36 bits per heavy atom. The van der Waals surface area contributed by atoms with E-state index in [2.05, 4.69) is 0 Å². The molecule has 0 unspecified atom stereocenters. The molecular weight excluding hydrogens is 319 g/mol. The second kappa shape index (κ2) is 7.16. The molecule has 0 aliphatic rings. The Hall–Kier alpha value is -3.83. The van der Waals surface area contributed by atoms with Gasteiger partial charge in [0, 0.05) is 6.07 Å². The van der Waals surface area contributed by atoms with Crippen LogP contribution in [0.3, 0.4) is 0 Å². The van der Waals surface area contributed by atoms with Crippen molar-refractivity contribution in [2.24, 2.45) is 0 Å². The molecule has 0 spiro atoms. The van der Waals surface area contributed by atoms with Crippen LogP contribution in [-0.4, -0.2) is 0 Å². The molecule has 0 saturated carbocycles. The van der Waals surface area contributed by atoms with Crippen LogP contribution in [0.15, 0.2) is 66.7 Å². The van der Waals surface area contributed by atoms with Crippen LogP contribution in [0.1, 0.15) is 11.1 Å². The number of benzene rings is 3. The zero-order valence-electron chi connectivity index (χ0n) is 12.9. The van der Waals surface area contributed by atoms with Crippen molar-refractivity contribution in [2.75, 3.05) is 0 Å². The predicted molar refractivity (Wildman–Crippen MR) is 88.9 cm³/mol. The summed E-state index contributed by atoms with van der Waals surface area (Å²) in [7, 11) is 0. The van der Waals surface area contributed by atoms with E-state index < -0.39 is 5.82 Å². The van der Waals surface area contributed by atoms with E-state index >= 15 is 0 Å². The summed E-state index contributed by atoms with van der Waals surface area (Å²) < 4.78 is 25.1. The van der Waals surface area contributed by atoms with E-state index in [4.69, 9.17) is 20.0 Å². The van der Waals surface area contributed by atoms with Crippen LogP contribution in [0.5, 0.6) is 23.0 Å². The number of nitrogens with zero attached hydrogens (tertiary/aromatic N) is 2. The molecule has 120 valence electrons. The van der Waals surface area contributed by atoms with Crippen molar-refractivity contribution < 1.29 is 13.9 Å². The van der Waals surface area contributed by atoms with E-state index in [0.717, 1.165) is 0 Å². The van der Waals surface area contributed by atoms with Gasteiger partial charge in [0.15, 0.2) is 11.6 Å². The highest BCUT2D eigenvalue weighted by molar-refractivity contribution is 5.50. The molecule has 3 aromatic rings. The smallest absolute Gasteiger partial charge is 0.166 e. The highest BCUT2D eigenvalue weighted by Crippen LogP contribution is 2.31. The molecule has 0 saturated heterocycles. The molecule has 0 radical (unpaired) electrons. The van der Waals surface area contributed by atoms with Crippen LogP contribution >= 0.6 is 0 Å². The van der Waals surface area contributed by atoms with Crippen LogP contribution in [0.2, 0.25) is 0 Å². The molecule has 0 N–H and O–H groups in total. The maximum Gasteiger partial charge on any atom is 0.166 e. The summed E-state index contributed by atoms with van der Waals surface area (Å²) in [5, 5.41) is 18.0. The Morgan fingerprint density at radius 1 is 0.680 bits per heavy atom. The van der Waals surface area contributed by atoms with Gasteiger partial charge in [0.25, 0.3) is 0 Å². The van der Waals surface area contributed by atoms with Gasteiger partial charge in [-0.1, -0.05) is 18.2 Å². The predicted octanol–water partition coefficient (Wildman–Crippen LogP) is 5.15. The number of ether oxygens (including phenoxy) is 2. The third-order valence-electron chi connectivity index (χ3n) is 3.34. The maximum absolute atomic E-state index is 14.0. The molecule has 3 aromatic carbocycles. The lowest BCUT2D eigenvalue weighted by Gasteiger charge is -2.10. The summed E-state index contributed by atoms with van der Waals surface area (Å²) in [5.74, 6) is 0.726. The van der Waals surface area contributed by atoms with Crippen molar-refractivity contribution in [1.82, 2.24) is 0 Å². The Balaban J connectivity index is 1.86. The van der Waals surface area contributed by atoms with Gasteiger partial charge in [0.2, 0.25) is 0 Å². The molecule has 3 rings (SSSR count). The summed E-state index contributed by atoms with van der Waals surface area (Å²) >= 11 is 0. The minimum Gasteiger partial charge on any atom is -0.457 e.